The van der Waals surface area contributed by atoms with E-state index in [1.165, 1.54) is 0 Å². The average Bonchev–Trinajstić information content (AvgIpc) is 2.78. The highest BCUT2D eigenvalue weighted by Gasteiger charge is 2.32. The van der Waals surface area contributed by atoms with Crippen LogP contribution >= 0.6 is 23.2 Å². The molecular formula is C26H20Cl2N2O4. The Morgan fingerprint density at radius 3 is 2.35 bits per heavy atom. The number of carbonyl (C=O) groups excluding carboxylic acids is 1. The van der Waals surface area contributed by atoms with Crippen LogP contribution in [0.15, 0.2) is 72.1 Å². The van der Waals surface area contributed by atoms with E-state index in [4.69, 9.17) is 43.1 Å². The van der Waals surface area contributed by atoms with Gasteiger partial charge >= 0.3 is 5.97 Å². The minimum absolute atomic E-state index is 0.0305. The monoisotopic (exact) mass is 494 g/mol. The highest BCUT2D eigenvalue weighted by atomic mass is 35.5. The molecule has 0 aromatic heterocycles. The molecule has 0 saturated carbocycles. The molecule has 1 heterocycles. The minimum Gasteiger partial charge on any atom is -0.491 e. The fraction of sp³-hybridized carbons (Fsp3) is 0.154. The highest BCUT2D eigenvalue weighted by molar-refractivity contribution is 6.35. The Balaban J connectivity index is 1.63. The summed E-state index contributed by atoms with van der Waals surface area (Å²) in [6.45, 7) is 3.85. The van der Waals surface area contributed by atoms with Gasteiger partial charge in [0.15, 0.2) is 0 Å². The minimum atomic E-state index is -0.559. The molecule has 1 aliphatic rings. The van der Waals surface area contributed by atoms with Crippen molar-refractivity contribution < 1.29 is 19.0 Å². The number of carbonyl (C=O) groups is 1. The van der Waals surface area contributed by atoms with Gasteiger partial charge in [0.25, 0.3) is 0 Å². The molecule has 1 atom stereocenters. The Hall–Kier alpha value is -3.66. The van der Waals surface area contributed by atoms with E-state index in [1.54, 1.807) is 60.7 Å². The third-order valence-corrected chi connectivity index (χ3v) is 5.70. The number of ether oxygens (including phenoxy) is 3. The maximum Gasteiger partial charge on any atom is 0.343 e. The van der Waals surface area contributed by atoms with Crippen LogP contribution in [0, 0.1) is 11.3 Å². The number of nitrogens with two attached hydrogens (primary N) is 1. The normalized spacial score (nSPS) is 14.8. The van der Waals surface area contributed by atoms with Gasteiger partial charge in [-0.2, -0.15) is 5.26 Å². The first-order valence-corrected chi connectivity index (χ1v) is 11.2. The van der Waals surface area contributed by atoms with E-state index >= 15 is 0 Å². The van der Waals surface area contributed by atoms with Gasteiger partial charge in [-0.25, -0.2) is 4.79 Å². The van der Waals surface area contributed by atoms with Gasteiger partial charge in [-0.15, -0.1) is 0 Å². The lowest BCUT2D eigenvalue weighted by Gasteiger charge is -2.27. The molecule has 0 bridgehead atoms. The van der Waals surface area contributed by atoms with Gasteiger partial charge in [-0.3, -0.25) is 0 Å². The zero-order valence-electron chi connectivity index (χ0n) is 18.3. The van der Waals surface area contributed by atoms with Gasteiger partial charge in [0, 0.05) is 21.7 Å². The number of fused-ring (bicyclic) bond motifs is 1. The molecule has 0 spiro atoms. The van der Waals surface area contributed by atoms with Crippen molar-refractivity contribution in [2.45, 2.75) is 25.9 Å². The third kappa shape index (κ3) is 4.81. The molecular weight excluding hydrogens is 475 g/mol. The molecule has 6 nitrogen and oxygen atoms in total. The van der Waals surface area contributed by atoms with Crippen molar-refractivity contribution in [3.05, 3.63) is 98.9 Å². The summed E-state index contributed by atoms with van der Waals surface area (Å²) in [4.78, 5) is 12.6. The first-order chi connectivity index (χ1) is 16.3. The van der Waals surface area contributed by atoms with Gasteiger partial charge in [0.1, 0.15) is 28.9 Å². The molecule has 0 saturated heterocycles. The van der Waals surface area contributed by atoms with Gasteiger partial charge < -0.3 is 19.9 Å². The van der Waals surface area contributed by atoms with Crippen molar-refractivity contribution in [1.29, 1.82) is 5.26 Å². The topological polar surface area (TPSA) is 94.6 Å². The van der Waals surface area contributed by atoms with Gasteiger partial charge in [0.05, 0.1) is 17.6 Å². The number of nitriles is 1. The van der Waals surface area contributed by atoms with Crippen molar-refractivity contribution in [3.8, 4) is 23.3 Å². The van der Waals surface area contributed by atoms with Gasteiger partial charge in [-0.1, -0.05) is 35.3 Å². The second-order valence-corrected chi connectivity index (χ2v) is 8.71. The van der Waals surface area contributed by atoms with E-state index in [9.17, 15) is 10.1 Å². The fourth-order valence-electron chi connectivity index (χ4n) is 3.66. The lowest BCUT2D eigenvalue weighted by atomic mass is 9.83. The summed E-state index contributed by atoms with van der Waals surface area (Å²) in [7, 11) is 0. The molecule has 2 N–H and O–H groups in total. The summed E-state index contributed by atoms with van der Waals surface area (Å²) in [5.74, 6) is 0.146. The van der Waals surface area contributed by atoms with Crippen LogP contribution in [0.25, 0.3) is 0 Å². The third-order valence-electron chi connectivity index (χ3n) is 5.14. The van der Waals surface area contributed by atoms with Crippen molar-refractivity contribution in [2.24, 2.45) is 5.73 Å². The average molecular weight is 495 g/mol. The number of allylic oxidation sites excluding steroid dienone is 1. The van der Waals surface area contributed by atoms with Crippen LogP contribution in [0.5, 0.6) is 17.2 Å². The Labute approximate surface area is 207 Å². The SMILES string of the molecule is CC(C)Oc1ccc(C(=O)Oc2ccc3c(c2)OC(N)=C(C#N)C3c2ccc(Cl)cc2Cl)cc1. The number of hydrogen-bond donors (Lipinski definition) is 1. The lowest BCUT2D eigenvalue weighted by molar-refractivity contribution is 0.0734. The van der Waals surface area contributed by atoms with Crippen LogP contribution in [0.2, 0.25) is 10.0 Å². The summed E-state index contributed by atoms with van der Waals surface area (Å²) < 4.78 is 16.8. The number of esters is 1. The molecule has 1 aliphatic heterocycles. The number of rotatable bonds is 5. The van der Waals surface area contributed by atoms with Crippen LogP contribution in [0.1, 0.15) is 41.3 Å². The zero-order valence-corrected chi connectivity index (χ0v) is 19.9. The smallest absolute Gasteiger partial charge is 0.343 e. The molecule has 8 heteroatoms. The predicted octanol–water partition coefficient (Wildman–Crippen LogP) is 6.22. The summed E-state index contributed by atoms with van der Waals surface area (Å²) in [5, 5.41) is 10.6. The summed E-state index contributed by atoms with van der Waals surface area (Å²) in [6, 6.07) is 18.7. The quantitative estimate of drug-likeness (QED) is 0.334. The molecule has 34 heavy (non-hydrogen) atoms. The molecule has 0 aliphatic carbocycles. The van der Waals surface area contributed by atoms with Crippen molar-refractivity contribution in [2.75, 3.05) is 0 Å². The standard InChI is InChI=1S/C26H20Cl2N2O4/c1-14(2)32-17-6-3-15(4-7-17)26(31)33-18-8-10-20-23(12-18)34-25(30)21(13-29)24(20)19-9-5-16(27)11-22(19)28/h3-12,14,24H,30H2,1-2H3. The molecule has 3 aromatic carbocycles. The van der Waals surface area contributed by atoms with Crippen LogP contribution in [0.3, 0.4) is 0 Å². The number of hydrogen-bond acceptors (Lipinski definition) is 6. The van der Waals surface area contributed by atoms with E-state index in [0.29, 0.717) is 38.2 Å². The number of nitrogens with zero attached hydrogens (tertiary/aromatic N) is 1. The zero-order chi connectivity index (χ0) is 24.4. The Kier molecular flexibility index (Phi) is 6.69. The first-order valence-electron chi connectivity index (χ1n) is 10.4. The molecule has 1 unspecified atom stereocenters. The molecule has 0 radical (unpaired) electrons. The first kappa shape index (κ1) is 23.5. The molecule has 172 valence electrons. The number of benzene rings is 3. The Morgan fingerprint density at radius 2 is 1.71 bits per heavy atom. The van der Waals surface area contributed by atoms with Gasteiger partial charge in [-0.05, 0) is 61.9 Å². The van der Waals surface area contributed by atoms with E-state index in [1.807, 2.05) is 13.8 Å². The van der Waals surface area contributed by atoms with Crippen LogP contribution < -0.4 is 19.9 Å². The second kappa shape index (κ2) is 9.68. The molecule has 4 rings (SSSR count). The van der Waals surface area contributed by atoms with Gasteiger partial charge in [0.2, 0.25) is 5.88 Å². The second-order valence-electron chi connectivity index (χ2n) is 7.87. The van der Waals surface area contributed by atoms with Crippen molar-refractivity contribution in [3.63, 3.8) is 0 Å². The number of halogens is 2. The van der Waals surface area contributed by atoms with E-state index in [2.05, 4.69) is 6.07 Å². The summed E-state index contributed by atoms with van der Waals surface area (Å²) in [6.07, 6.45) is 0.0305. The fourth-order valence-corrected chi connectivity index (χ4v) is 4.18. The van der Waals surface area contributed by atoms with Crippen LogP contribution in [-0.2, 0) is 0 Å². The molecule has 0 fully saturated rings. The van der Waals surface area contributed by atoms with E-state index in [-0.39, 0.29) is 23.3 Å². The van der Waals surface area contributed by atoms with Crippen LogP contribution in [-0.4, -0.2) is 12.1 Å². The van der Waals surface area contributed by atoms with E-state index < -0.39 is 11.9 Å². The highest BCUT2D eigenvalue weighted by Crippen LogP contribution is 2.45. The summed E-state index contributed by atoms with van der Waals surface area (Å²) >= 11 is 12.5. The lowest BCUT2D eigenvalue weighted by Crippen LogP contribution is -2.21. The molecule has 0 amide bonds. The van der Waals surface area contributed by atoms with Crippen LogP contribution in [0.4, 0.5) is 0 Å². The Bertz CT molecular complexity index is 1330. The largest absolute Gasteiger partial charge is 0.491 e. The molecule has 3 aromatic rings. The van der Waals surface area contributed by atoms with Crippen molar-refractivity contribution in [1.82, 2.24) is 0 Å². The van der Waals surface area contributed by atoms with E-state index in [0.717, 1.165) is 0 Å². The maximum absolute atomic E-state index is 12.6. The van der Waals surface area contributed by atoms with Crippen molar-refractivity contribution >= 4 is 29.2 Å². The predicted molar refractivity (Wildman–Crippen MR) is 129 cm³/mol. The Morgan fingerprint density at radius 1 is 1.03 bits per heavy atom. The summed E-state index contributed by atoms with van der Waals surface area (Å²) in [5.41, 5.74) is 7.96. The maximum atomic E-state index is 12.6.